The lowest BCUT2D eigenvalue weighted by atomic mass is 10.1. The number of nitrogens with one attached hydrogen (secondary N) is 1. The molecule has 0 aliphatic heterocycles. The molecule has 0 saturated heterocycles. The van der Waals surface area contributed by atoms with Crippen LogP contribution in [0.3, 0.4) is 0 Å². The zero-order valence-electron chi connectivity index (χ0n) is 13.5. The van der Waals surface area contributed by atoms with Gasteiger partial charge >= 0.3 is 0 Å². The number of ether oxygens (including phenoxy) is 1. The molecule has 126 valence electrons. The topological polar surface area (TPSA) is 55.4 Å². The molecule has 0 unspecified atom stereocenters. The molecule has 4 nitrogen and oxygen atoms in total. The molecule has 0 aromatic heterocycles. The number of anilines is 1. The van der Waals surface area contributed by atoms with Crippen LogP contribution in [0.4, 0.5) is 10.1 Å². The molecule has 2 aromatic rings. The number of hydrogen-bond donors (Lipinski definition) is 1. The molecule has 0 aliphatic carbocycles. The van der Waals surface area contributed by atoms with Crippen molar-refractivity contribution in [3.8, 4) is 5.75 Å². The van der Waals surface area contributed by atoms with Crippen molar-refractivity contribution in [2.24, 2.45) is 0 Å². The predicted octanol–water partition coefficient (Wildman–Crippen LogP) is 4.31. The van der Waals surface area contributed by atoms with Gasteiger partial charge in [-0.2, -0.15) is 0 Å². The number of rotatable bonds is 5. The Labute approximate surface area is 144 Å². The van der Waals surface area contributed by atoms with Gasteiger partial charge in [-0.25, -0.2) is 4.39 Å². The first-order chi connectivity index (χ1) is 11.3. The number of carbonyl (C=O) groups is 2. The molecule has 1 atom stereocenters. The van der Waals surface area contributed by atoms with Crippen LogP contribution >= 0.6 is 11.6 Å². The van der Waals surface area contributed by atoms with Crippen molar-refractivity contribution in [2.45, 2.75) is 26.9 Å². The lowest BCUT2D eigenvalue weighted by Gasteiger charge is -2.18. The molecule has 24 heavy (non-hydrogen) atoms. The third kappa shape index (κ3) is 4.11. The Kier molecular flexibility index (Phi) is 5.57. The van der Waals surface area contributed by atoms with Crippen molar-refractivity contribution in [2.75, 3.05) is 5.32 Å². The van der Waals surface area contributed by atoms with Crippen molar-refractivity contribution in [1.29, 1.82) is 0 Å². The second-order valence-electron chi connectivity index (χ2n) is 5.48. The minimum absolute atomic E-state index is 0.109. The standard InChI is InChI=1S/C18H17ClFNO3/c1-10-6-13(9-22)7-11(2)17(10)24-12(3)18(23)21-16-5-4-14(20)8-15(16)19/h4-9,12H,1-3H3,(H,21,23)/t12-/m1/s1. The van der Waals surface area contributed by atoms with Gasteiger partial charge in [0.2, 0.25) is 0 Å². The summed E-state index contributed by atoms with van der Waals surface area (Å²) in [6.45, 7) is 5.20. The normalized spacial score (nSPS) is 11.7. The van der Waals surface area contributed by atoms with Crippen molar-refractivity contribution in [1.82, 2.24) is 0 Å². The molecule has 0 spiro atoms. The van der Waals surface area contributed by atoms with Crippen LogP contribution in [-0.2, 0) is 4.79 Å². The van der Waals surface area contributed by atoms with E-state index >= 15 is 0 Å². The van der Waals surface area contributed by atoms with E-state index in [9.17, 15) is 14.0 Å². The van der Waals surface area contributed by atoms with Gasteiger partial charge in [-0.1, -0.05) is 11.6 Å². The zero-order chi connectivity index (χ0) is 17.9. The molecule has 1 amide bonds. The summed E-state index contributed by atoms with van der Waals surface area (Å²) in [5, 5.41) is 2.71. The van der Waals surface area contributed by atoms with Crippen molar-refractivity contribution in [3.63, 3.8) is 0 Å². The Morgan fingerprint density at radius 1 is 1.25 bits per heavy atom. The molecule has 2 rings (SSSR count). The molecular weight excluding hydrogens is 333 g/mol. The van der Waals surface area contributed by atoms with Crippen molar-refractivity contribution >= 4 is 29.5 Å². The Balaban J connectivity index is 2.13. The van der Waals surface area contributed by atoms with Crippen molar-refractivity contribution in [3.05, 3.63) is 57.9 Å². The second kappa shape index (κ2) is 7.45. The van der Waals surface area contributed by atoms with E-state index in [2.05, 4.69) is 5.32 Å². The number of halogens is 2. The van der Waals surface area contributed by atoms with E-state index < -0.39 is 17.8 Å². The average molecular weight is 350 g/mol. The number of carbonyl (C=O) groups excluding carboxylic acids is 2. The summed E-state index contributed by atoms with van der Waals surface area (Å²) in [5.41, 5.74) is 2.38. The van der Waals surface area contributed by atoms with Gasteiger partial charge in [-0.05, 0) is 62.2 Å². The molecule has 6 heteroatoms. The first-order valence-corrected chi connectivity index (χ1v) is 7.68. The lowest BCUT2D eigenvalue weighted by Crippen LogP contribution is -2.30. The van der Waals surface area contributed by atoms with Crippen LogP contribution in [0.15, 0.2) is 30.3 Å². The van der Waals surface area contributed by atoms with E-state index in [0.29, 0.717) is 17.0 Å². The van der Waals surface area contributed by atoms with E-state index in [-0.39, 0.29) is 5.02 Å². The molecule has 0 saturated carbocycles. The average Bonchev–Trinajstić information content (AvgIpc) is 2.52. The van der Waals surface area contributed by atoms with Gasteiger partial charge in [0.15, 0.2) is 6.10 Å². The van der Waals surface area contributed by atoms with Crippen LogP contribution in [0.1, 0.15) is 28.4 Å². The third-order valence-corrected chi connectivity index (χ3v) is 3.78. The Bertz CT molecular complexity index is 769. The number of aldehydes is 1. The Hall–Kier alpha value is -2.40. The van der Waals surface area contributed by atoms with Gasteiger partial charge in [-0.3, -0.25) is 9.59 Å². The van der Waals surface area contributed by atoms with Crippen LogP contribution in [-0.4, -0.2) is 18.3 Å². The Morgan fingerprint density at radius 3 is 2.42 bits per heavy atom. The quantitative estimate of drug-likeness (QED) is 0.818. The first-order valence-electron chi connectivity index (χ1n) is 7.31. The maximum absolute atomic E-state index is 13.0. The fraction of sp³-hybridized carbons (Fsp3) is 0.222. The van der Waals surface area contributed by atoms with E-state index in [1.165, 1.54) is 12.1 Å². The third-order valence-electron chi connectivity index (χ3n) is 3.47. The zero-order valence-corrected chi connectivity index (χ0v) is 14.3. The smallest absolute Gasteiger partial charge is 0.265 e. The van der Waals surface area contributed by atoms with Gasteiger partial charge < -0.3 is 10.1 Å². The molecule has 0 aliphatic rings. The fourth-order valence-electron chi connectivity index (χ4n) is 2.29. The van der Waals surface area contributed by atoms with Gasteiger partial charge in [-0.15, -0.1) is 0 Å². The van der Waals surface area contributed by atoms with Crippen molar-refractivity contribution < 1.29 is 18.7 Å². The monoisotopic (exact) mass is 349 g/mol. The van der Waals surface area contributed by atoms with E-state index in [1.54, 1.807) is 32.9 Å². The van der Waals surface area contributed by atoms with Gasteiger partial charge in [0.1, 0.15) is 17.9 Å². The van der Waals surface area contributed by atoms with Crippen LogP contribution in [0.25, 0.3) is 0 Å². The van der Waals surface area contributed by atoms with Crippen LogP contribution in [0.5, 0.6) is 5.75 Å². The number of aryl methyl sites for hydroxylation is 2. The highest BCUT2D eigenvalue weighted by atomic mass is 35.5. The van der Waals surface area contributed by atoms with E-state index in [0.717, 1.165) is 23.5 Å². The molecular formula is C18H17ClFNO3. The highest BCUT2D eigenvalue weighted by Gasteiger charge is 2.18. The minimum atomic E-state index is -0.800. The summed E-state index contributed by atoms with van der Waals surface area (Å²) in [6, 6.07) is 7.10. The number of hydrogen-bond acceptors (Lipinski definition) is 3. The van der Waals surface area contributed by atoms with Crippen LogP contribution < -0.4 is 10.1 Å². The van der Waals surface area contributed by atoms with Crippen LogP contribution in [0.2, 0.25) is 5.02 Å². The highest BCUT2D eigenvalue weighted by Crippen LogP contribution is 2.26. The van der Waals surface area contributed by atoms with Gasteiger partial charge in [0, 0.05) is 5.56 Å². The molecule has 1 N–H and O–H groups in total. The summed E-state index contributed by atoms with van der Waals surface area (Å²) >= 11 is 5.89. The summed E-state index contributed by atoms with van der Waals surface area (Å²) in [6.07, 6.45) is -0.0400. The molecule has 0 bridgehead atoms. The predicted molar refractivity (Wildman–Crippen MR) is 91.4 cm³/mol. The Morgan fingerprint density at radius 2 is 1.88 bits per heavy atom. The highest BCUT2D eigenvalue weighted by molar-refractivity contribution is 6.33. The molecule has 0 radical (unpaired) electrons. The molecule has 0 fully saturated rings. The second-order valence-corrected chi connectivity index (χ2v) is 5.88. The molecule has 0 heterocycles. The maximum Gasteiger partial charge on any atom is 0.265 e. The molecule has 2 aromatic carbocycles. The fourth-order valence-corrected chi connectivity index (χ4v) is 2.51. The van der Waals surface area contributed by atoms with Gasteiger partial charge in [0.25, 0.3) is 5.91 Å². The lowest BCUT2D eigenvalue weighted by molar-refractivity contribution is -0.122. The summed E-state index contributed by atoms with van der Waals surface area (Å²) in [7, 11) is 0. The summed E-state index contributed by atoms with van der Waals surface area (Å²) < 4.78 is 18.8. The maximum atomic E-state index is 13.0. The SMILES string of the molecule is Cc1cc(C=O)cc(C)c1O[C@H](C)C(=O)Nc1ccc(F)cc1Cl. The van der Waals surface area contributed by atoms with E-state index in [4.69, 9.17) is 16.3 Å². The van der Waals surface area contributed by atoms with E-state index in [1.807, 2.05) is 0 Å². The summed E-state index contributed by atoms with van der Waals surface area (Å²) in [4.78, 5) is 23.1. The largest absolute Gasteiger partial charge is 0.480 e. The van der Waals surface area contributed by atoms with Gasteiger partial charge in [0.05, 0.1) is 10.7 Å². The first kappa shape index (κ1) is 17.9. The minimum Gasteiger partial charge on any atom is -0.480 e. The number of benzene rings is 2. The summed E-state index contributed by atoms with van der Waals surface area (Å²) in [5.74, 6) is -0.348. The number of amides is 1. The van der Waals surface area contributed by atoms with Crippen LogP contribution in [0, 0.1) is 19.7 Å².